The lowest BCUT2D eigenvalue weighted by Crippen LogP contribution is -2.34. The molecule has 0 aliphatic rings. The minimum Gasteiger partial charge on any atom is -0.417 e. The average molecular weight is 503 g/mol. The van der Waals surface area contributed by atoms with Crippen LogP contribution in [-0.4, -0.2) is 41.4 Å². The molecule has 0 rings (SSSR count). The quantitative estimate of drug-likeness (QED) is 0.0877. The third-order valence-corrected chi connectivity index (χ3v) is 19.3. The molecule has 8 heteroatoms. The van der Waals surface area contributed by atoms with E-state index in [2.05, 4.69) is 40.8 Å². The maximum Gasteiger partial charge on any atom is 0.189 e. The monoisotopic (exact) mass is 502 g/mol. The van der Waals surface area contributed by atoms with Crippen molar-refractivity contribution in [2.24, 2.45) is 0 Å². The van der Waals surface area contributed by atoms with Crippen LogP contribution < -0.4 is 0 Å². The van der Waals surface area contributed by atoms with Gasteiger partial charge in [0, 0.05) is 24.7 Å². The van der Waals surface area contributed by atoms with Crippen molar-refractivity contribution in [2.75, 3.05) is 24.7 Å². The second-order valence-electron chi connectivity index (χ2n) is 7.96. The first-order chi connectivity index (χ1) is 13.4. The predicted octanol–water partition coefficient (Wildman–Crippen LogP) is 9.27. The molecule has 0 fully saturated rings. The Morgan fingerprint density at radius 1 is 0.571 bits per heavy atom. The van der Waals surface area contributed by atoms with Gasteiger partial charge in [0.1, 0.15) is 0 Å². The van der Waals surface area contributed by atoms with Crippen LogP contribution in [0.2, 0.25) is 37.3 Å². The van der Waals surface area contributed by atoms with Crippen molar-refractivity contribution >= 4 is 57.9 Å². The molecular formula is C20H46O2S4Si2. The van der Waals surface area contributed by atoms with E-state index in [0.29, 0.717) is 0 Å². The molecule has 0 aliphatic heterocycles. The molecule has 0 aromatic rings. The molecule has 2 nitrogen and oxygen atoms in total. The van der Waals surface area contributed by atoms with Crippen LogP contribution in [-0.2, 0) is 8.85 Å². The van der Waals surface area contributed by atoms with E-state index in [1.54, 1.807) is 0 Å². The summed E-state index contributed by atoms with van der Waals surface area (Å²) in [6.45, 7) is 15.5. The zero-order chi connectivity index (χ0) is 21.1. The Labute approximate surface area is 194 Å². The van der Waals surface area contributed by atoms with E-state index in [1.165, 1.54) is 74.2 Å². The summed E-state index contributed by atoms with van der Waals surface area (Å²) in [5, 5.41) is 0. The predicted molar refractivity (Wildman–Crippen MR) is 145 cm³/mol. The van der Waals surface area contributed by atoms with Gasteiger partial charge in [-0.15, -0.1) is 0 Å². The fourth-order valence-electron chi connectivity index (χ4n) is 3.45. The van der Waals surface area contributed by atoms with Crippen LogP contribution in [0, 0.1) is 0 Å². The first-order valence-corrected chi connectivity index (χ1v) is 22.1. The van der Waals surface area contributed by atoms with Crippen LogP contribution in [0.3, 0.4) is 0 Å². The summed E-state index contributed by atoms with van der Waals surface area (Å²) in [6.07, 6.45) is 7.87. The maximum atomic E-state index is 6.18. The Morgan fingerprint density at radius 2 is 0.929 bits per heavy atom. The maximum absolute atomic E-state index is 6.18. The van der Waals surface area contributed by atoms with Crippen LogP contribution in [0.1, 0.15) is 66.2 Å². The molecular weight excluding hydrogens is 457 g/mol. The zero-order valence-electron chi connectivity index (χ0n) is 19.3. The zero-order valence-corrected chi connectivity index (χ0v) is 24.6. The highest BCUT2D eigenvalue weighted by Crippen LogP contribution is 2.44. The highest BCUT2D eigenvalue weighted by molar-refractivity contribution is 9.26. The van der Waals surface area contributed by atoms with E-state index in [9.17, 15) is 0 Å². The van der Waals surface area contributed by atoms with E-state index in [-0.39, 0.29) is 0 Å². The minimum atomic E-state index is -1.43. The van der Waals surface area contributed by atoms with Gasteiger partial charge in [0.15, 0.2) is 16.6 Å². The third kappa shape index (κ3) is 16.4. The van der Waals surface area contributed by atoms with Gasteiger partial charge in [-0.05, 0) is 83.6 Å². The van der Waals surface area contributed by atoms with Crippen LogP contribution in [0.15, 0.2) is 0 Å². The Balaban J connectivity index is 3.72. The van der Waals surface area contributed by atoms with Crippen molar-refractivity contribution in [1.82, 2.24) is 0 Å². The number of unbranched alkanes of at least 4 members (excludes halogenated alkanes) is 2. The first kappa shape index (κ1) is 29.8. The van der Waals surface area contributed by atoms with E-state index in [4.69, 9.17) is 8.85 Å². The fourth-order valence-corrected chi connectivity index (χ4v) is 16.6. The number of rotatable bonds is 21. The van der Waals surface area contributed by atoms with Gasteiger partial charge in [0.05, 0.1) is 0 Å². The molecule has 2 atom stereocenters. The topological polar surface area (TPSA) is 18.5 Å². The summed E-state index contributed by atoms with van der Waals surface area (Å²) in [4.78, 5) is 0. The second-order valence-corrected chi connectivity index (χ2v) is 22.6. The number of hydrogen-bond donors (Lipinski definition) is 0. The van der Waals surface area contributed by atoms with Gasteiger partial charge in [-0.25, -0.2) is 0 Å². The summed E-state index contributed by atoms with van der Waals surface area (Å²) >= 11 is 0. The number of hydrogen-bond acceptors (Lipinski definition) is 6. The van der Waals surface area contributed by atoms with E-state index in [0.717, 1.165) is 13.2 Å². The first-order valence-electron chi connectivity index (χ1n) is 11.3. The molecule has 0 amide bonds. The summed E-state index contributed by atoms with van der Waals surface area (Å²) in [5.74, 6) is 2.51. The lowest BCUT2D eigenvalue weighted by Gasteiger charge is -2.27. The Bertz CT molecular complexity index is 324. The van der Waals surface area contributed by atoms with Crippen LogP contribution in [0.25, 0.3) is 0 Å². The fraction of sp³-hybridized carbons (Fsp3) is 1.00. The van der Waals surface area contributed by atoms with Crippen LogP contribution >= 0.6 is 41.2 Å². The van der Waals surface area contributed by atoms with Crippen molar-refractivity contribution in [3.8, 4) is 0 Å². The molecule has 0 aliphatic carbocycles. The molecule has 0 saturated carbocycles. The summed E-state index contributed by atoms with van der Waals surface area (Å²) in [6, 6.07) is 5.32. The van der Waals surface area contributed by atoms with Crippen LogP contribution in [0.5, 0.6) is 0 Å². The summed E-state index contributed by atoms with van der Waals surface area (Å²) < 4.78 is 12.4. The van der Waals surface area contributed by atoms with Gasteiger partial charge in [0.25, 0.3) is 0 Å². The second kappa shape index (κ2) is 19.4. The summed E-state index contributed by atoms with van der Waals surface area (Å²) in [5.41, 5.74) is 0. The normalized spacial score (nSPS) is 16.1. The molecule has 0 aromatic carbocycles. The molecule has 0 radical (unpaired) electrons. The largest absolute Gasteiger partial charge is 0.417 e. The summed E-state index contributed by atoms with van der Waals surface area (Å²) in [7, 11) is 5.12. The van der Waals surface area contributed by atoms with E-state index < -0.39 is 16.6 Å². The molecule has 0 heterocycles. The minimum absolute atomic E-state index is 0.893. The molecule has 0 aromatic heterocycles. The van der Waals surface area contributed by atoms with Gasteiger partial charge in [-0.3, -0.25) is 0 Å². The lowest BCUT2D eigenvalue weighted by atomic mass is 10.4. The van der Waals surface area contributed by atoms with Crippen molar-refractivity contribution in [3.63, 3.8) is 0 Å². The van der Waals surface area contributed by atoms with Gasteiger partial charge in [0.2, 0.25) is 0 Å². The Hall–Kier alpha value is 1.75. The van der Waals surface area contributed by atoms with E-state index in [1.807, 2.05) is 41.2 Å². The molecule has 0 N–H and O–H groups in total. The molecule has 0 bridgehead atoms. The Kier molecular flexibility index (Phi) is 20.7. The van der Waals surface area contributed by atoms with Gasteiger partial charge in [-0.1, -0.05) is 61.1 Å². The molecule has 0 saturated heterocycles. The van der Waals surface area contributed by atoms with Gasteiger partial charge < -0.3 is 8.85 Å². The molecule has 2 unspecified atom stereocenters. The molecule has 28 heavy (non-hydrogen) atoms. The van der Waals surface area contributed by atoms with Crippen molar-refractivity contribution < 1.29 is 8.85 Å². The molecule has 170 valence electrons. The average Bonchev–Trinajstić information content (AvgIpc) is 2.67. The van der Waals surface area contributed by atoms with Crippen molar-refractivity contribution in [1.29, 1.82) is 0 Å². The van der Waals surface area contributed by atoms with E-state index >= 15 is 0 Å². The van der Waals surface area contributed by atoms with Crippen molar-refractivity contribution in [3.05, 3.63) is 0 Å². The smallest absolute Gasteiger partial charge is 0.189 e. The van der Waals surface area contributed by atoms with Crippen molar-refractivity contribution in [2.45, 2.75) is 103 Å². The van der Waals surface area contributed by atoms with Gasteiger partial charge in [-0.2, -0.15) is 0 Å². The van der Waals surface area contributed by atoms with Crippen LogP contribution in [0.4, 0.5) is 0 Å². The highest BCUT2D eigenvalue weighted by Gasteiger charge is 2.28. The Morgan fingerprint density at radius 3 is 1.25 bits per heavy atom. The SMILES string of the molecule is CCCC[Si](C)(CCCSSSSCCC[Si](C)(CCCC)OCC)OCC. The standard InChI is InChI=1S/C20H46O2S4Si2/c1-7-11-17-27(5,21-9-3)19-13-15-23-25-26-24-16-14-20-28(6,22-10-4)18-12-8-2/h7-20H2,1-6H3. The third-order valence-electron chi connectivity index (χ3n) is 5.09. The molecule has 0 spiro atoms. The lowest BCUT2D eigenvalue weighted by molar-refractivity contribution is 0.321. The highest BCUT2D eigenvalue weighted by atomic mass is 33.7. The van der Waals surface area contributed by atoms with Gasteiger partial charge >= 0.3 is 0 Å².